The van der Waals surface area contributed by atoms with E-state index in [1.165, 1.54) is 29.8 Å². The van der Waals surface area contributed by atoms with Crippen LogP contribution in [0.2, 0.25) is 0 Å². The Labute approximate surface area is 203 Å². The molecular weight excluding hydrogens is 448 g/mol. The van der Waals surface area contributed by atoms with Crippen LogP contribution in [0, 0.1) is 11.8 Å². The first kappa shape index (κ1) is 23.6. The summed E-state index contributed by atoms with van der Waals surface area (Å²) in [6.07, 6.45) is 3.32. The van der Waals surface area contributed by atoms with Gasteiger partial charge in [0, 0.05) is 17.7 Å². The molecule has 2 aliphatic rings. The summed E-state index contributed by atoms with van der Waals surface area (Å²) < 4.78 is 33.3. The summed E-state index contributed by atoms with van der Waals surface area (Å²) in [7, 11) is 0. The number of hydrogen-bond donors (Lipinski definition) is 2. The average Bonchev–Trinajstić information content (AvgIpc) is 3.59. The van der Waals surface area contributed by atoms with E-state index in [-0.39, 0.29) is 23.5 Å². The summed E-state index contributed by atoms with van der Waals surface area (Å²) >= 11 is 0. The molecule has 182 valence electrons. The molecule has 3 unspecified atom stereocenters. The molecular formula is C29H29F2NO3. The van der Waals surface area contributed by atoms with Gasteiger partial charge in [0.1, 0.15) is 6.61 Å². The molecule has 6 heteroatoms. The molecule has 1 heterocycles. The molecule has 1 saturated heterocycles. The Morgan fingerprint density at radius 1 is 1.00 bits per heavy atom. The summed E-state index contributed by atoms with van der Waals surface area (Å²) in [5, 5.41) is 11.7. The molecule has 1 amide bonds. The minimum atomic E-state index is -3.29. The van der Waals surface area contributed by atoms with Gasteiger partial charge in [-0.1, -0.05) is 66.7 Å². The zero-order valence-corrected chi connectivity index (χ0v) is 19.4. The molecule has 1 saturated carbocycles. The predicted octanol–water partition coefficient (Wildman–Crippen LogP) is 5.45. The SMILES string of the molecule is O=C(Cc1ccc(C(F)(F)CO)cc1)Nc1ccc(C2(C3CC3Cc3ccccc3)CCO2)cc1. The third-order valence-electron chi connectivity index (χ3n) is 7.29. The maximum atomic E-state index is 13.5. The normalized spacial score (nSPS) is 23.4. The quantitative estimate of drug-likeness (QED) is 0.431. The van der Waals surface area contributed by atoms with E-state index in [1.807, 2.05) is 30.3 Å². The van der Waals surface area contributed by atoms with E-state index in [4.69, 9.17) is 9.84 Å². The van der Waals surface area contributed by atoms with Crippen molar-refractivity contribution >= 4 is 11.6 Å². The van der Waals surface area contributed by atoms with Crippen LogP contribution in [-0.4, -0.2) is 24.2 Å². The largest absolute Gasteiger partial charge is 0.390 e. The topological polar surface area (TPSA) is 58.6 Å². The fourth-order valence-electron chi connectivity index (χ4n) is 5.20. The van der Waals surface area contributed by atoms with Crippen molar-refractivity contribution in [2.75, 3.05) is 18.5 Å². The van der Waals surface area contributed by atoms with Crippen molar-refractivity contribution in [3.8, 4) is 0 Å². The highest BCUT2D eigenvalue weighted by atomic mass is 19.3. The van der Waals surface area contributed by atoms with Gasteiger partial charge in [0.05, 0.1) is 18.6 Å². The Balaban J connectivity index is 1.18. The third-order valence-corrected chi connectivity index (χ3v) is 7.29. The lowest BCUT2D eigenvalue weighted by molar-refractivity contribution is -0.171. The lowest BCUT2D eigenvalue weighted by atomic mass is 9.80. The minimum Gasteiger partial charge on any atom is -0.390 e. The third kappa shape index (κ3) is 5.00. The maximum Gasteiger partial charge on any atom is 0.295 e. The molecule has 0 radical (unpaired) electrons. The van der Waals surface area contributed by atoms with Crippen molar-refractivity contribution in [2.45, 2.75) is 37.2 Å². The van der Waals surface area contributed by atoms with Gasteiger partial charge in [0.15, 0.2) is 0 Å². The first-order valence-electron chi connectivity index (χ1n) is 12.1. The molecule has 35 heavy (non-hydrogen) atoms. The average molecular weight is 478 g/mol. The van der Waals surface area contributed by atoms with Gasteiger partial charge < -0.3 is 15.2 Å². The highest BCUT2D eigenvalue weighted by Crippen LogP contribution is 2.59. The molecule has 4 nitrogen and oxygen atoms in total. The first-order valence-corrected chi connectivity index (χ1v) is 12.1. The zero-order valence-electron chi connectivity index (χ0n) is 19.4. The number of benzene rings is 3. The fourth-order valence-corrected chi connectivity index (χ4v) is 5.20. The number of aliphatic hydroxyl groups is 1. The molecule has 1 aliphatic carbocycles. The van der Waals surface area contributed by atoms with Gasteiger partial charge in [-0.05, 0) is 53.5 Å². The highest BCUT2D eigenvalue weighted by molar-refractivity contribution is 5.92. The second kappa shape index (κ2) is 9.51. The Hall–Kier alpha value is -3.09. The Morgan fingerprint density at radius 3 is 2.29 bits per heavy atom. The molecule has 5 rings (SSSR count). The lowest BCUT2D eigenvalue weighted by Gasteiger charge is -2.43. The van der Waals surface area contributed by atoms with Crippen molar-refractivity contribution in [1.29, 1.82) is 0 Å². The number of aliphatic hydroxyl groups excluding tert-OH is 1. The summed E-state index contributed by atoms with van der Waals surface area (Å²) in [5.74, 6) is -2.37. The number of amides is 1. The number of hydrogen-bond acceptors (Lipinski definition) is 3. The molecule has 3 aromatic rings. The van der Waals surface area contributed by atoms with Crippen LogP contribution in [0.5, 0.6) is 0 Å². The fraction of sp³-hybridized carbons (Fsp3) is 0.345. The van der Waals surface area contributed by atoms with Crippen molar-refractivity contribution in [1.82, 2.24) is 0 Å². The van der Waals surface area contributed by atoms with Crippen LogP contribution in [0.3, 0.4) is 0 Å². The van der Waals surface area contributed by atoms with Crippen molar-refractivity contribution in [3.63, 3.8) is 0 Å². The van der Waals surface area contributed by atoms with Gasteiger partial charge in [0.2, 0.25) is 5.91 Å². The number of alkyl halides is 2. The van der Waals surface area contributed by atoms with E-state index in [0.717, 1.165) is 31.4 Å². The van der Waals surface area contributed by atoms with Crippen LogP contribution in [0.4, 0.5) is 14.5 Å². The van der Waals surface area contributed by atoms with Crippen LogP contribution in [0.1, 0.15) is 35.1 Å². The lowest BCUT2D eigenvalue weighted by Crippen LogP contribution is -2.43. The van der Waals surface area contributed by atoms with Gasteiger partial charge in [-0.25, -0.2) is 0 Å². The number of carbonyl (C=O) groups is 1. The second-order valence-electron chi connectivity index (χ2n) is 9.64. The Bertz CT molecular complexity index is 1160. The van der Waals surface area contributed by atoms with Gasteiger partial charge in [-0.15, -0.1) is 0 Å². The van der Waals surface area contributed by atoms with Crippen molar-refractivity contribution in [3.05, 3.63) is 101 Å². The molecule has 0 bridgehead atoms. The smallest absolute Gasteiger partial charge is 0.295 e. The van der Waals surface area contributed by atoms with E-state index in [2.05, 4.69) is 29.6 Å². The zero-order chi connectivity index (χ0) is 24.5. The van der Waals surface area contributed by atoms with E-state index >= 15 is 0 Å². The molecule has 2 fully saturated rings. The van der Waals surface area contributed by atoms with Crippen LogP contribution in [0.25, 0.3) is 0 Å². The number of carbonyl (C=O) groups excluding carboxylic acids is 1. The summed E-state index contributed by atoms with van der Waals surface area (Å²) in [5.41, 5.74) is 3.34. The van der Waals surface area contributed by atoms with Gasteiger partial charge >= 0.3 is 0 Å². The van der Waals surface area contributed by atoms with Crippen LogP contribution < -0.4 is 5.32 Å². The van der Waals surface area contributed by atoms with E-state index < -0.39 is 12.5 Å². The number of halogens is 2. The van der Waals surface area contributed by atoms with Gasteiger partial charge in [-0.2, -0.15) is 8.78 Å². The molecule has 0 spiro atoms. The number of anilines is 1. The maximum absolute atomic E-state index is 13.5. The van der Waals surface area contributed by atoms with Crippen LogP contribution >= 0.6 is 0 Å². The van der Waals surface area contributed by atoms with Crippen molar-refractivity contribution in [2.24, 2.45) is 11.8 Å². The Kier molecular flexibility index (Phi) is 6.43. The first-order chi connectivity index (χ1) is 16.9. The minimum absolute atomic E-state index is 0.0724. The second-order valence-corrected chi connectivity index (χ2v) is 9.64. The van der Waals surface area contributed by atoms with Crippen molar-refractivity contribution < 1.29 is 23.4 Å². The summed E-state index contributed by atoms with van der Waals surface area (Å²) in [6, 6.07) is 23.9. The van der Waals surface area contributed by atoms with Gasteiger partial charge in [0.25, 0.3) is 5.92 Å². The number of rotatable bonds is 9. The standard InChI is InChI=1S/C29H29F2NO3/c30-29(31,19-33)24-8-6-21(7-9-24)17-27(34)32-25-12-10-23(11-13-25)28(14-15-35-28)26-18-22(26)16-20-4-2-1-3-5-20/h1-13,22,26,33H,14-19H2,(H,32,34). The molecule has 1 aliphatic heterocycles. The monoisotopic (exact) mass is 477 g/mol. The highest BCUT2D eigenvalue weighted by Gasteiger charge is 2.57. The predicted molar refractivity (Wildman–Crippen MR) is 130 cm³/mol. The van der Waals surface area contributed by atoms with Crippen LogP contribution in [-0.2, 0) is 33.9 Å². The van der Waals surface area contributed by atoms with E-state index in [1.54, 1.807) is 0 Å². The number of ether oxygens (including phenoxy) is 1. The summed E-state index contributed by atoms with van der Waals surface area (Å²) in [4.78, 5) is 12.5. The van der Waals surface area contributed by atoms with E-state index in [0.29, 0.717) is 23.1 Å². The summed E-state index contributed by atoms with van der Waals surface area (Å²) in [6.45, 7) is -0.473. The molecule has 3 aromatic carbocycles. The van der Waals surface area contributed by atoms with Crippen LogP contribution in [0.15, 0.2) is 78.9 Å². The number of nitrogens with one attached hydrogen (secondary N) is 1. The molecule has 3 atom stereocenters. The Morgan fingerprint density at radius 2 is 1.69 bits per heavy atom. The molecule has 0 aromatic heterocycles. The molecule has 2 N–H and O–H groups in total. The van der Waals surface area contributed by atoms with E-state index in [9.17, 15) is 13.6 Å². The van der Waals surface area contributed by atoms with Gasteiger partial charge in [-0.3, -0.25) is 4.79 Å².